The van der Waals surface area contributed by atoms with E-state index in [1.807, 2.05) is 25.1 Å². The molecule has 4 heteroatoms. The van der Waals surface area contributed by atoms with Crippen molar-refractivity contribution in [1.29, 1.82) is 5.26 Å². The first kappa shape index (κ1) is 13.9. The first-order chi connectivity index (χ1) is 9.21. The van der Waals surface area contributed by atoms with E-state index in [9.17, 15) is 5.26 Å². The Morgan fingerprint density at radius 3 is 2.95 bits per heavy atom. The van der Waals surface area contributed by atoms with Gasteiger partial charge in [-0.05, 0) is 31.4 Å². The highest BCUT2D eigenvalue weighted by Crippen LogP contribution is 2.31. The second-order valence-corrected chi connectivity index (χ2v) is 5.05. The van der Waals surface area contributed by atoms with Gasteiger partial charge in [0.2, 0.25) is 0 Å². The molecule has 0 bridgehead atoms. The van der Waals surface area contributed by atoms with Gasteiger partial charge in [-0.3, -0.25) is 0 Å². The smallest absolute Gasteiger partial charge is 0.101 e. The molecule has 1 fully saturated rings. The number of rotatable bonds is 3. The van der Waals surface area contributed by atoms with Crippen LogP contribution in [0.3, 0.4) is 0 Å². The number of benzene rings is 1. The van der Waals surface area contributed by atoms with Gasteiger partial charge in [0.05, 0.1) is 17.4 Å². The summed E-state index contributed by atoms with van der Waals surface area (Å²) in [5.41, 5.74) is 8.81. The molecule has 1 aliphatic heterocycles. The Morgan fingerprint density at radius 1 is 1.53 bits per heavy atom. The average molecular weight is 259 g/mol. The van der Waals surface area contributed by atoms with Gasteiger partial charge in [-0.2, -0.15) is 5.26 Å². The van der Waals surface area contributed by atoms with Crippen LogP contribution in [-0.4, -0.2) is 32.3 Å². The summed E-state index contributed by atoms with van der Waals surface area (Å²) >= 11 is 0. The van der Waals surface area contributed by atoms with Crippen LogP contribution in [0.4, 0.5) is 5.69 Å². The fourth-order valence-corrected chi connectivity index (χ4v) is 2.88. The normalized spacial score (nSPS) is 23.2. The Hall–Kier alpha value is -1.57. The van der Waals surface area contributed by atoms with Gasteiger partial charge < -0.3 is 15.4 Å². The van der Waals surface area contributed by atoms with E-state index in [-0.39, 0.29) is 12.1 Å². The monoisotopic (exact) mass is 259 g/mol. The number of piperidine rings is 1. The standard InChI is InChI=1S/C15H21N3O/c1-11-4-3-5-12(9-16)15(11)18-7-6-14(19-2)8-13(18)10-17/h3-5,13-14H,6-8,10,17H2,1-2H3. The van der Waals surface area contributed by atoms with Crippen LogP contribution in [0, 0.1) is 18.3 Å². The van der Waals surface area contributed by atoms with Crippen LogP contribution in [0.25, 0.3) is 0 Å². The third kappa shape index (κ3) is 2.73. The quantitative estimate of drug-likeness (QED) is 0.899. The number of aryl methyl sites for hydroxylation is 1. The Kier molecular flexibility index (Phi) is 4.41. The molecule has 2 N–H and O–H groups in total. The molecule has 0 aliphatic carbocycles. The molecule has 1 heterocycles. The van der Waals surface area contributed by atoms with Gasteiger partial charge in [-0.25, -0.2) is 0 Å². The molecular weight excluding hydrogens is 238 g/mol. The Bertz CT molecular complexity index is 481. The van der Waals surface area contributed by atoms with E-state index in [2.05, 4.69) is 11.0 Å². The first-order valence-corrected chi connectivity index (χ1v) is 6.70. The van der Waals surface area contributed by atoms with Crippen LogP contribution in [0.15, 0.2) is 18.2 Å². The zero-order chi connectivity index (χ0) is 13.8. The topological polar surface area (TPSA) is 62.3 Å². The van der Waals surface area contributed by atoms with Crippen molar-refractivity contribution in [2.45, 2.75) is 31.9 Å². The molecule has 1 aromatic carbocycles. The summed E-state index contributed by atoms with van der Waals surface area (Å²) in [6.45, 7) is 3.52. The molecule has 0 spiro atoms. The van der Waals surface area contributed by atoms with E-state index in [0.29, 0.717) is 6.54 Å². The van der Waals surface area contributed by atoms with Crippen LogP contribution in [0.1, 0.15) is 24.0 Å². The van der Waals surface area contributed by atoms with E-state index in [1.165, 1.54) is 0 Å². The summed E-state index contributed by atoms with van der Waals surface area (Å²) in [6, 6.07) is 8.38. The molecule has 102 valence electrons. The van der Waals surface area contributed by atoms with Crippen molar-refractivity contribution in [2.75, 3.05) is 25.1 Å². The minimum absolute atomic E-state index is 0.242. The summed E-state index contributed by atoms with van der Waals surface area (Å²) in [6.07, 6.45) is 2.18. The number of hydrogen-bond acceptors (Lipinski definition) is 4. The van der Waals surface area contributed by atoms with Crippen molar-refractivity contribution in [3.8, 4) is 6.07 Å². The molecule has 1 aliphatic rings. The first-order valence-electron chi connectivity index (χ1n) is 6.70. The third-order valence-corrected chi connectivity index (χ3v) is 3.92. The predicted molar refractivity (Wildman–Crippen MR) is 76.1 cm³/mol. The lowest BCUT2D eigenvalue weighted by Crippen LogP contribution is -2.49. The molecule has 19 heavy (non-hydrogen) atoms. The maximum absolute atomic E-state index is 9.30. The van der Waals surface area contributed by atoms with Crippen LogP contribution < -0.4 is 10.6 Å². The van der Waals surface area contributed by atoms with E-state index < -0.39 is 0 Å². The minimum atomic E-state index is 0.242. The lowest BCUT2D eigenvalue weighted by atomic mass is 9.96. The maximum Gasteiger partial charge on any atom is 0.101 e. The highest BCUT2D eigenvalue weighted by atomic mass is 16.5. The molecule has 2 rings (SSSR count). The van der Waals surface area contributed by atoms with Gasteiger partial charge in [0, 0.05) is 26.2 Å². The highest BCUT2D eigenvalue weighted by molar-refractivity contribution is 5.64. The van der Waals surface area contributed by atoms with E-state index in [1.54, 1.807) is 7.11 Å². The predicted octanol–water partition coefficient (Wildman–Crippen LogP) is 1.81. The van der Waals surface area contributed by atoms with Gasteiger partial charge in [-0.15, -0.1) is 0 Å². The Balaban J connectivity index is 2.33. The van der Waals surface area contributed by atoms with Crippen LogP contribution in [0.5, 0.6) is 0 Å². The zero-order valence-electron chi connectivity index (χ0n) is 11.6. The molecule has 1 saturated heterocycles. The maximum atomic E-state index is 9.30. The molecule has 0 saturated carbocycles. The number of methoxy groups -OCH3 is 1. The average Bonchev–Trinajstić information content (AvgIpc) is 2.46. The number of nitriles is 1. The van der Waals surface area contributed by atoms with E-state index in [0.717, 1.165) is 36.2 Å². The van der Waals surface area contributed by atoms with Crippen LogP contribution in [0.2, 0.25) is 0 Å². The minimum Gasteiger partial charge on any atom is -0.381 e. The molecule has 0 aromatic heterocycles. The van der Waals surface area contributed by atoms with Crippen molar-refractivity contribution in [3.63, 3.8) is 0 Å². The van der Waals surface area contributed by atoms with Crippen molar-refractivity contribution >= 4 is 5.69 Å². The summed E-state index contributed by atoms with van der Waals surface area (Å²) < 4.78 is 5.45. The molecular formula is C15H21N3O. The lowest BCUT2D eigenvalue weighted by Gasteiger charge is -2.41. The van der Waals surface area contributed by atoms with Crippen molar-refractivity contribution in [2.24, 2.45) is 5.73 Å². The van der Waals surface area contributed by atoms with Crippen molar-refractivity contribution in [1.82, 2.24) is 0 Å². The number of nitrogens with zero attached hydrogens (tertiary/aromatic N) is 2. The summed E-state index contributed by atoms with van der Waals surface area (Å²) in [4.78, 5) is 2.28. The van der Waals surface area contributed by atoms with Gasteiger partial charge in [0.1, 0.15) is 6.07 Å². The van der Waals surface area contributed by atoms with Gasteiger partial charge in [-0.1, -0.05) is 12.1 Å². The molecule has 2 atom stereocenters. The Labute approximate surface area is 114 Å². The third-order valence-electron chi connectivity index (χ3n) is 3.92. The van der Waals surface area contributed by atoms with Gasteiger partial charge >= 0.3 is 0 Å². The van der Waals surface area contributed by atoms with E-state index in [4.69, 9.17) is 10.5 Å². The lowest BCUT2D eigenvalue weighted by molar-refractivity contribution is 0.0709. The van der Waals surface area contributed by atoms with Crippen molar-refractivity contribution in [3.05, 3.63) is 29.3 Å². The van der Waals surface area contributed by atoms with Crippen LogP contribution in [-0.2, 0) is 4.74 Å². The fourth-order valence-electron chi connectivity index (χ4n) is 2.88. The van der Waals surface area contributed by atoms with Gasteiger partial charge in [0.15, 0.2) is 0 Å². The summed E-state index contributed by atoms with van der Waals surface area (Å²) in [5.74, 6) is 0. The molecule has 1 aromatic rings. The molecule has 0 amide bonds. The SMILES string of the molecule is COC1CCN(c2c(C)cccc2C#N)C(CN)C1. The highest BCUT2D eigenvalue weighted by Gasteiger charge is 2.29. The van der Waals surface area contributed by atoms with Crippen molar-refractivity contribution < 1.29 is 4.74 Å². The number of para-hydroxylation sites is 1. The summed E-state index contributed by atoms with van der Waals surface area (Å²) in [7, 11) is 1.75. The number of ether oxygens (including phenoxy) is 1. The summed E-state index contributed by atoms with van der Waals surface area (Å²) in [5, 5.41) is 9.30. The molecule has 4 nitrogen and oxygen atoms in total. The molecule has 0 radical (unpaired) electrons. The van der Waals surface area contributed by atoms with Crippen LogP contribution >= 0.6 is 0 Å². The molecule has 2 unspecified atom stereocenters. The largest absolute Gasteiger partial charge is 0.381 e. The fraction of sp³-hybridized carbons (Fsp3) is 0.533. The van der Waals surface area contributed by atoms with E-state index >= 15 is 0 Å². The number of anilines is 1. The number of hydrogen-bond donors (Lipinski definition) is 1. The second kappa shape index (κ2) is 6.05. The zero-order valence-corrected chi connectivity index (χ0v) is 11.6. The second-order valence-electron chi connectivity index (χ2n) is 5.05. The van der Waals surface area contributed by atoms with Gasteiger partial charge in [0.25, 0.3) is 0 Å². The number of nitrogens with two attached hydrogens (primary N) is 1. The Morgan fingerprint density at radius 2 is 2.32 bits per heavy atom.